The Hall–Kier alpha value is -3.67. The first-order valence-corrected chi connectivity index (χ1v) is 11.2. The molecule has 1 amide bonds. The first-order valence-electron chi connectivity index (χ1n) is 11.2. The lowest BCUT2D eigenvalue weighted by Gasteiger charge is -2.18. The van der Waals surface area contributed by atoms with E-state index in [0.717, 1.165) is 27.9 Å². The molecule has 34 heavy (non-hydrogen) atoms. The van der Waals surface area contributed by atoms with E-state index in [1.165, 1.54) is 0 Å². The molecule has 0 radical (unpaired) electrons. The number of ether oxygens (including phenoxy) is 1. The summed E-state index contributed by atoms with van der Waals surface area (Å²) in [4.78, 5) is 16.5. The van der Waals surface area contributed by atoms with Crippen LogP contribution in [0.3, 0.4) is 0 Å². The molecule has 0 fully saturated rings. The third kappa shape index (κ3) is 7.73. The Balaban J connectivity index is 1.50. The van der Waals surface area contributed by atoms with Gasteiger partial charge >= 0.3 is 13.2 Å². The molecule has 0 bridgehead atoms. The Kier molecular flexibility index (Phi) is 9.21. The maximum Gasteiger partial charge on any atom is 0.475 e. The molecule has 0 aliphatic rings. The highest BCUT2D eigenvalue weighted by Gasteiger charge is 2.26. The van der Waals surface area contributed by atoms with Crippen molar-refractivity contribution in [2.75, 3.05) is 6.61 Å². The topological polar surface area (TPSA) is 115 Å². The number of alkyl carbamates (subject to hydrolysis) is 1. The van der Waals surface area contributed by atoms with E-state index in [-0.39, 0.29) is 18.9 Å². The number of carbonyl (C=O) groups is 1. The summed E-state index contributed by atoms with van der Waals surface area (Å²) in [6, 6.07) is 23.3. The highest BCUT2D eigenvalue weighted by atomic mass is 16.5. The zero-order valence-corrected chi connectivity index (χ0v) is 19.1. The summed E-state index contributed by atoms with van der Waals surface area (Å²) in [6.45, 7) is 2.10. The van der Waals surface area contributed by atoms with Crippen molar-refractivity contribution in [1.82, 2.24) is 10.3 Å². The minimum Gasteiger partial charge on any atom is -0.449 e. The zero-order chi connectivity index (χ0) is 24.3. The molecule has 0 aliphatic carbocycles. The molecule has 174 valence electrons. The Morgan fingerprint density at radius 3 is 2.50 bits per heavy atom. The minimum absolute atomic E-state index is 0.135. The summed E-state index contributed by atoms with van der Waals surface area (Å²) in [5, 5.41) is 31.4. The van der Waals surface area contributed by atoms with Gasteiger partial charge in [0.2, 0.25) is 0 Å². The Morgan fingerprint density at radius 1 is 1.06 bits per heavy atom. The van der Waals surface area contributed by atoms with Crippen molar-refractivity contribution in [1.29, 1.82) is 5.26 Å². The second kappa shape index (κ2) is 12.5. The maximum atomic E-state index is 12.2. The van der Waals surface area contributed by atoms with E-state index in [2.05, 4.69) is 16.4 Å². The number of nitrogens with zero attached hydrogens (tertiary/aromatic N) is 2. The van der Waals surface area contributed by atoms with E-state index in [9.17, 15) is 20.1 Å². The number of hydrogen-bond donors (Lipinski definition) is 3. The summed E-state index contributed by atoms with van der Waals surface area (Å²) in [7, 11) is -1.71. The largest absolute Gasteiger partial charge is 0.475 e. The number of aryl methyl sites for hydroxylation is 1. The molecule has 2 atom stereocenters. The molecular weight excluding hydrogens is 429 g/mol. The van der Waals surface area contributed by atoms with Crippen molar-refractivity contribution < 1.29 is 19.6 Å². The van der Waals surface area contributed by atoms with Gasteiger partial charge in [-0.3, -0.25) is 4.98 Å². The first kappa shape index (κ1) is 25.0. The molecule has 2 aromatic carbocycles. The van der Waals surface area contributed by atoms with Crippen molar-refractivity contribution in [3.63, 3.8) is 0 Å². The number of rotatable bonds is 10. The molecule has 1 heterocycles. The van der Waals surface area contributed by atoms with Crippen LogP contribution in [0.2, 0.25) is 0 Å². The van der Waals surface area contributed by atoms with E-state index in [1.54, 1.807) is 6.20 Å². The highest BCUT2D eigenvalue weighted by molar-refractivity contribution is 6.43. The molecule has 0 saturated heterocycles. The highest BCUT2D eigenvalue weighted by Crippen LogP contribution is 2.19. The molecule has 1 unspecified atom stereocenters. The third-order valence-corrected chi connectivity index (χ3v) is 5.50. The average Bonchev–Trinajstić information content (AvgIpc) is 2.84. The van der Waals surface area contributed by atoms with Gasteiger partial charge in [0.15, 0.2) is 0 Å². The summed E-state index contributed by atoms with van der Waals surface area (Å²) in [5.41, 5.74) is 4.69. The summed E-state index contributed by atoms with van der Waals surface area (Å²) >= 11 is 0. The van der Waals surface area contributed by atoms with Crippen molar-refractivity contribution in [3.05, 3.63) is 101 Å². The molecule has 3 N–H and O–H groups in total. The number of nitrogens with one attached hydrogen (secondary N) is 1. The molecule has 0 saturated carbocycles. The smallest absolute Gasteiger partial charge is 0.449 e. The van der Waals surface area contributed by atoms with Gasteiger partial charge in [0, 0.05) is 12.6 Å². The second-order valence-corrected chi connectivity index (χ2v) is 8.20. The summed E-state index contributed by atoms with van der Waals surface area (Å²) < 4.78 is 5.26. The number of aromatic nitrogens is 1. The van der Waals surface area contributed by atoms with Crippen LogP contribution >= 0.6 is 0 Å². The minimum atomic E-state index is -1.71. The van der Waals surface area contributed by atoms with Crippen LogP contribution in [0.15, 0.2) is 72.9 Å². The Labute approximate surface area is 200 Å². The van der Waals surface area contributed by atoms with Crippen LogP contribution in [-0.4, -0.2) is 40.8 Å². The van der Waals surface area contributed by atoms with Crippen molar-refractivity contribution in [2.24, 2.45) is 0 Å². The summed E-state index contributed by atoms with van der Waals surface area (Å²) in [6.07, 6.45) is 2.27. The predicted molar refractivity (Wildman–Crippen MR) is 130 cm³/mol. The average molecular weight is 457 g/mol. The van der Waals surface area contributed by atoms with Crippen LogP contribution in [0, 0.1) is 18.3 Å². The Bertz CT molecular complexity index is 1100. The number of carbonyl (C=O) groups excluding carboxylic acids is 1. The van der Waals surface area contributed by atoms with E-state index in [4.69, 9.17) is 4.74 Å². The summed E-state index contributed by atoms with van der Waals surface area (Å²) in [5.74, 6) is -1.22. The Morgan fingerprint density at radius 2 is 1.82 bits per heavy atom. The fourth-order valence-corrected chi connectivity index (χ4v) is 3.61. The molecule has 3 rings (SSSR count). The number of benzene rings is 2. The molecular formula is C26H28BN3O4. The lowest BCUT2D eigenvalue weighted by molar-refractivity contribution is 0.144. The fraction of sp³-hybridized carbons (Fsp3) is 0.269. The SMILES string of the molecule is Cc1ccc(C[C@H](NC(=O)OCCc2cccc(CC(C#N)c3ccccn3)c2)B(O)O)cc1. The van der Waals surface area contributed by atoms with Gasteiger partial charge in [0.05, 0.1) is 30.2 Å². The van der Waals surface area contributed by atoms with Crippen LogP contribution in [0.5, 0.6) is 0 Å². The fourth-order valence-electron chi connectivity index (χ4n) is 3.61. The van der Waals surface area contributed by atoms with Gasteiger partial charge in [0.25, 0.3) is 0 Å². The number of hydrogen-bond acceptors (Lipinski definition) is 6. The van der Waals surface area contributed by atoms with Gasteiger partial charge in [-0.25, -0.2) is 4.79 Å². The quantitative estimate of drug-likeness (QED) is 0.403. The molecule has 0 spiro atoms. The van der Waals surface area contributed by atoms with E-state index < -0.39 is 19.2 Å². The molecule has 7 nitrogen and oxygen atoms in total. The van der Waals surface area contributed by atoms with Gasteiger partial charge in [-0.15, -0.1) is 0 Å². The molecule has 3 aromatic rings. The molecule has 0 aliphatic heterocycles. The second-order valence-electron chi connectivity index (χ2n) is 8.20. The van der Waals surface area contributed by atoms with Crippen LogP contribution in [0.25, 0.3) is 0 Å². The lowest BCUT2D eigenvalue weighted by Crippen LogP contribution is -2.48. The zero-order valence-electron chi connectivity index (χ0n) is 19.1. The van der Waals surface area contributed by atoms with Gasteiger partial charge in [-0.2, -0.15) is 5.26 Å². The number of nitriles is 1. The van der Waals surface area contributed by atoms with Gasteiger partial charge in [0.1, 0.15) is 0 Å². The number of amides is 1. The van der Waals surface area contributed by atoms with Crippen LogP contribution in [0.1, 0.15) is 33.9 Å². The van der Waals surface area contributed by atoms with Gasteiger partial charge < -0.3 is 20.1 Å². The third-order valence-electron chi connectivity index (χ3n) is 5.50. The molecule has 1 aromatic heterocycles. The van der Waals surface area contributed by atoms with Crippen LogP contribution < -0.4 is 5.32 Å². The predicted octanol–water partition coefficient (Wildman–Crippen LogP) is 3.13. The van der Waals surface area contributed by atoms with Crippen molar-refractivity contribution >= 4 is 13.2 Å². The van der Waals surface area contributed by atoms with Gasteiger partial charge in [-0.05, 0) is 48.6 Å². The van der Waals surface area contributed by atoms with Crippen molar-refractivity contribution in [2.45, 2.75) is 38.0 Å². The van der Waals surface area contributed by atoms with E-state index >= 15 is 0 Å². The number of pyridine rings is 1. The van der Waals surface area contributed by atoms with Crippen LogP contribution in [-0.2, 0) is 24.0 Å². The standard InChI is InChI=1S/C26H28BN3O4/c1-19-8-10-21(11-9-19)17-25(27(32)33)30-26(31)34-14-12-20-5-4-6-22(15-20)16-23(18-28)24-7-2-3-13-29-24/h2-11,13,15,23,25,32-33H,12,14,16-17H2,1H3,(H,30,31)/t23?,25-/m0/s1. The van der Waals surface area contributed by atoms with Gasteiger partial charge in [-0.1, -0.05) is 60.2 Å². The normalized spacial score (nSPS) is 12.3. The van der Waals surface area contributed by atoms with Crippen LogP contribution in [0.4, 0.5) is 4.79 Å². The lowest BCUT2D eigenvalue weighted by atomic mass is 9.76. The van der Waals surface area contributed by atoms with E-state index in [1.807, 2.05) is 73.7 Å². The first-order chi connectivity index (χ1) is 16.4. The monoisotopic (exact) mass is 457 g/mol. The van der Waals surface area contributed by atoms with E-state index in [0.29, 0.717) is 12.8 Å². The maximum absolute atomic E-state index is 12.2. The van der Waals surface area contributed by atoms with Crippen molar-refractivity contribution in [3.8, 4) is 6.07 Å². The molecule has 8 heteroatoms.